The Morgan fingerprint density at radius 3 is 1.44 bits per heavy atom. The Morgan fingerprint density at radius 2 is 0.919 bits per heavy atom. The molecule has 16 nitrogen and oxygen atoms in total. The molecule has 8 rings (SSSR count). The van der Waals surface area contributed by atoms with E-state index in [1.165, 1.54) is 36.4 Å². The van der Waals surface area contributed by atoms with Crippen LogP contribution in [0.25, 0.3) is 0 Å². The fourth-order valence-corrected chi connectivity index (χ4v) is 7.73. The second-order valence-electron chi connectivity index (χ2n) is 15.9. The van der Waals surface area contributed by atoms with Gasteiger partial charge in [-0.15, -0.1) is 0 Å². The minimum absolute atomic E-state index is 0.103. The molecule has 4 saturated heterocycles. The van der Waals surface area contributed by atoms with Gasteiger partial charge in [0.15, 0.2) is 48.5 Å². The van der Waals surface area contributed by atoms with E-state index in [-0.39, 0.29) is 22.3 Å². The van der Waals surface area contributed by atoms with Crippen molar-refractivity contribution >= 4 is 29.8 Å². The Bertz CT molecular complexity index is 2240. The molecule has 0 aliphatic carbocycles. The first-order valence-electron chi connectivity index (χ1n) is 20.1. The molecular formula is C46H45NO15. The van der Waals surface area contributed by atoms with Gasteiger partial charge in [0.1, 0.15) is 31.0 Å². The summed E-state index contributed by atoms with van der Waals surface area (Å²) in [4.78, 5) is 69.8. The molecular weight excluding hydrogens is 806 g/mol. The van der Waals surface area contributed by atoms with Crippen molar-refractivity contribution in [2.24, 2.45) is 0 Å². The third-order valence-electron chi connectivity index (χ3n) is 10.5. The molecule has 62 heavy (non-hydrogen) atoms. The van der Waals surface area contributed by atoms with Crippen LogP contribution in [0.4, 0.5) is 0 Å². The van der Waals surface area contributed by atoms with Crippen LogP contribution in [0.15, 0.2) is 121 Å². The highest BCUT2D eigenvalue weighted by Gasteiger charge is 2.63. The first-order valence-corrected chi connectivity index (χ1v) is 20.1. The van der Waals surface area contributed by atoms with Crippen molar-refractivity contribution in [1.29, 1.82) is 0 Å². The fraction of sp³-hybridized carbons (Fsp3) is 0.370. The van der Waals surface area contributed by atoms with Gasteiger partial charge >= 0.3 is 23.9 Å². The molecule has 1 N–H and O–H groups in total. The van der Waals surface area contributed by atoms with Gasteiger partial charge in [-0.2, -0.15) is 0 Å². The monoisotopic (exact) mass is 851 g/mol. The number of carbonyl (C=O) groups excluding carboxylic acids is 5. The second kappa shape index (κ2) is 17.8. The van der Waals surface area contributed by atoms with Crippen molar-refractivity contribution in [2.45, 2.75) is 101 Å². The molecule has 10 atom stereocenters. The molecule has 0 spiro atoms. The van der Waals surface area contributed by atoms with Crippen LogP contribution >= 0.6 is 0 Å². The van der Waals surface area contributed by atoms with Crippen LogP contribution in [-0.2, 0) is 52.2 Å². The lowest BCUT2D eigenvalue weighted by Gasteiger charge is -2.45. The Morgan fingerprint density at radius 1 is 0.500 bits per heavy atom. The molecule has 324 valence electrons. The molecule has 4 aliphatic heterocycles. The van der Waals surface area contributed by atoms with Gasteiger partial charge in [-0.3, -0.25) is 4.79 Å². The summed E-state index contributed by atoms with van der Waals surface area (Å²) in [6, 6.07) is 32.0. The number of esters is 4. The normalized spacial score (nSPS) is 29.2. The highest BCUT2D eigenvalue weighted by Crippen LogP contribution is 2.44. The van der Waals surface area contributed by atoms with E-state index >= 15 is 0 Å². The number of hydrogen-bond acceptors (Lipinski definition) is 15. The third-order valence-corrected chi connectivity index (χ3v) is 10.5. The van der Waals surface area contributed by atoms with E-state index in [1.807, 2.05) is 0 Å². The lowest BCUT2D eigenvalue weighted by Crippen LogP contribution is -2.68. The van der Waals surface area contributed by atoms with Gasteiger partial charge in [0.25, 0.3) is 5.91 Å². The number of benzene rings is 4. The van der Waals surface area contributed by atoms with Crippen LogP contribution in [0, 0.1) is 0 Å². The quantitative estimate of drug-likeness (QED) is 0.161. The van der Waals surface area contributed by atoms with E-state index < -0.39 is 109 Å². The summed E-state index contributed by atoms with van der Waals surface area (Å²) in [6.45, 7) is 6.17. The van der Waals surface area contributed by atoms with Gasteiger partial charge in [-0.05, 0) is 76.2 Å². The van der Waals surface area contributed by atoms with Crippen LogP contribution in [0.5, 0.6) is 0 Å². The summed E-state index contributed by atoms with van der Waals surface area (Å²) in [6.07, 6.45) is -13.2. The molecule has 4 aromatic carbocycles. The maximum Gasteiger partial charge on any atom is 0.338 e. The van der Waals surface area contributed by atoms with Crippen molar-refractivity contribution in [2.75, 3.05) is 6.61 Å². The van der Waals surface area contributed by atoms with Crippen LogP contribution in [0.3, 0.4) is 0 Å². The number of ether oxygens (including phenoxy) is 10. The van der Waals surface area contributed by atoms with Crippen LogP contribution in [0.1, 0.15) is 69.1 Å². The molecule has 0 bridgehead atoms. The predicted octanol–water partition coefficient (Wildman–Crippen LogP) is 4.76. The Labute approximate surface area is 356 Å². The lowest BCUT2D eigenvalue weighted by atomic mass is 9.95. The van der Waals surface area contributed by atoms with Crippen molar-refractivity contribution in [3.63, 3.8) is 0 Å². The van der Waals surface area contributed by atoms with E-state index in [1.54, 1.807) is 113 Å². The number of hydrogen-bond donors (Lipinski definition) is 1. The predicted molar refractivity (Wildman–Crippen MR) is 213 cm³/mol. The summed E-state index contributed by atoms with van der Waals surface area (Å²) in [5, 5.41) is 2.77. The maximum atomic E-state index is 14.7. The van der Waals surface area contributed by atoms with Crippen LogP contribution in [-0.4, -0.2) is 109 Å². The van der Waals surface area contributed by atoms with Crippen molar-refractivity contribution in [3.05, 3.63) is 144 Å². The van der Waals surface area contributed by atoms with Gasteiger partial charge in [0.2, 0.25) is 0 Å². The van der Waals surface area contributed by atoms with Crippen molar-refractivity contribution in [1.82, 2.24) is 5.32 Å². The summed E-state index contributed by atoms with van der Waals surface area (Å²) < 4.78 is 61.3. The maximum absolute atomic E-state index is 14.7. The number of rotatable bonds is 11. The van der Waals surface area contributed by atoms with Gasteiger partial charge in [0.05, 0.1) is 22.3 Å². The van der Waals surface area contributed by atoms with Crippen molar-refractivity contribution < 1.29 is 71.3 Å². The van der Waals surface area contributed by atoms with Crippen molar-refractivity contribution in [3.8, 4) is 0 Å². The van der Waals surface area contributed by atoms with E-state index in [2.05, 4.69) is 5.32 Å². The summed E-state index contributed by atoms with van der Waals surface area (Å²) in [5.41, 5.74) is 0.538. The Balaban J connectivity index is 1.18. The number of carbonyl (C=O) groups is 5. The van der Waals surface area contributed by atoms with Gasteiger partial charge in [-0.1, -0.05) is 72.8 Å². The molecule has 0 radical (unpaired) electrons. The van der Waals surface area contributed by atoms with Gasteiger partial charge in [-0.25, -0.2) is 19.2 Å². The highest BCUT2D eigenvalue weighted by molar-refractivity contribution is 5.92. The largest absolute Gasteiger partial charge is 0.459 e. The van der Waals surface area contributed by atoms with Gasteiger partial charge < -0.3 is 52.7 Å². The molecule has 4 fully saturated rings. The minimum atomic E-state index is -1.72. The highest BCUT2D eigenvalue weighted by atomic mass is 16.9. The zero-order valence-corrected chi connectivity index (χ0v) is 34.2. The average molecular weight is 852 g/mol. The Hall–Kier alpha value is -6.01. The van der Waals surface area contributed by atoms with Crippen LogP contribution in [0.2, 0.25) is 0 Å². The molecule has 4 aliphatic rings. The number of amides is 1. The second-order valence-corrected chi connectivity index (χ2v) is 15.9. The summed E-state index contributed by atoms with van der Waals surface area (Å²) in [5.74, 6) is -6.48. The number of nitrogens with one attached hydrogen (secondary N) is 1. The summed E-state index contributed by atoms with van der Waals surface area (Å²) in [7, 11) is 0. The molecule has 16 heteroatoms. The first kappa shape index (κ1) is 42.7. The van der Waals surface area contributed by atoms with E-state index in [9.17, 15) is 24.0 Å². The average Bonchev–Trinajstić information content (AvgIpc) is 3.78. The number of fused-ring (bicyclic) bond motifs is 3. The third kappa shape index (κ3) is 9.40. The Kier molecular flexibility index (Phi) is 12.2. The molecule has 4 heterocycles. The van der Waals surface area contributed by atoms with E-state index in [0.717, 1.165) is 0 Å². The van der Waals surface area contributed by atoms with Crippen LogP contribution < -0.4 is 5.32 Å². The summed E-state index contributed by atoms with van der Waals surface area (Å²) >= 11 is 0. The molecule has 1 amide bonds. The molecule has 4 aromatic rings. The SMILES string of the molecule is CC1(C)O[C@H]2[C@@H](O1)[C@@H](C(=O)N[C@@H]1O[C@H](COC(=O)c3ccccc3)[C@@H](OC(=O)c3ccccc3)[C@H](OC(=O)c3ccccc3)[C@H]1OC(=O)c1ccccc1)O[C@@H]1OC(C)(C)O[C@@H]12. The first-order chi connectivity index (χ1) is 29.7. The topological polar surface area (TPSA) is 190 Å². The van der Waals surface area contributed by atoms with Gasteiger partial charge in [0, 0.05) is 0 Å². The minimum Gasteiger partial charge on any atom is -0.459 e. The lowest BCUT2D eigenvalue weighted by molar-refractivity contribution is -0.245. The molecule has 0 saturated carbocycles. The standard InChI is InChI=1S/C46H45NO15/c1-45(2)59-33-34(60-45)37-44(62-46(3,4)61-37)58-35(33)38(48)47-39-36(57-43(52)29-23-15-8-16-24-29)32(56-42(51)28-21-13-7-14-22-28)31(55-41(50)27-19-11-6-12-20-27)30(54-39)25-53-40(49)26-17-9-5-10-18-26/h5-24,30-37,39,44H,25H2,1-4H3,(H,47,48)/t30-,31-,32+,33-,34+,35+,36-,37-,39-,44-/m1/s1. The zero-order chi connectivity index (χ0) is 43.6. The van der Waals surface area contributed by atoms with E-state index in [0.29, 0.717) is 0 Å². The zero-order valence-electron chi connectivity index (χ0n) is 34.2. The van der Waals surface area contributed by atoms with E-state index in [4.69, 9.17) is 47.4 Å². The molecule has 0 aromatic heterocycles. The fourth-order valence-electron chi connectivity index (χ4n) is 7.73. The smallest absolute Gasteiger partial charge is 0.338 e. The molecule has 0 unspecified atom stereocenters.